The van der Waals surface area contributed by atoms with Crippen molar-refractivity contribution in [2.24, 2.45) is 23.7 Å². The van der Waals surface area contributed by atoms with Crippen LogP contribution in [0.3, 0.4) is 0 Å². The molecule has 2 aliphatic carbocycles. The molecule has 0 aromatic heterocycles. The van der Waals surface area contributed by atoms with Gasteiger partial charge in [0.05, 0.1) is 33.9 Å². The number of nitrogens with one attached hydrogen (secondary N) is 2. The second-order valence-corrected chi connectivity index (χ2v) is 16.5. The van der Waals surface area contributed by atoms with Gasteiger partial charge in [0.2, 0.25) is 0 Å². The van der Waals surface area contributed by atoms with Gasteiger partial charge >= 0.3 is 12.4 Å². The summed E-state index contributed by atoms with van der Waals surface area (Å²) < 4.78 is 79.9. The first kappa shape index (κ1) is 42.7. The zero-order valence-electron chi connectivity index (χ0n) is 33.2. The van der Waals surface area contributed by atoms with E-state index in [4.69, 9.17) is 0 Å². The summed E-state index contributed by atoms with van der Waals surface area (Å²) in [5.41, 5.74) is 0.525. The molecule has 4 aliphatic rings. The SMILES string of the molecule is O=C(Nc1cc(C(F)(F)F)ccc1N1CC[C@@H]2CCCC[C@H]2C1)c1ccc(O)cc1.O=C(Nc1cc(C(F)(F)F)ccc1N1CC[C@@H]2CCCC[C@H]2C1)c1ccc(O)cc1. The molecule has 4 aromatic rings. The van der Waals surface area contributed by atoms with E-state index in [1.165, 1.54) is 99.2 Å². The third kappa shape index (κ3) is 10.3. The Morgan fingerprint density at radius 2 is 0.850 bits per heavy atom. The number of amides is 2. The topological polar surface area (TPSA) is 105 Å². The Kier molecular flexibility index (Phi) is 12.9. The number of alkyl halides is 6. The van der Waals surface area contributed by atoms with Gasteiger partial charge in [-0.3, -0.25) is 9.59 Å². The molecular formula is C46H50F6N4O4. The van der Waals surface area contributed by atoms with E-state index < -0.39 is 35.3 Å². The minimum absolute atomic E-state index is 0.0154. The molecule has 0 unspecified atom stereocenters. The Morgan fingerprint density at radius 3 is 1.20 bits per heavy atom. The van der Waals surface area contributed by atoms with Gasteiger partial charge in [-0.25, -0.2) is 0 Å². The van der Waals surface area contributed by atoms with E-state index in [9.17, 15) is 46.1 Å². The van der Waals surface area contributed by atoms with Crippen LogP contribution in [-0.2, 0) is 12.4 Å². The summed E-state index contributed by atoms with van der Waals surface area (Å²) in [5, 5.41) is 24.1. The Labute approximate surface area is 345 Å². The van der Waals surface area contributed by atoms with Crippen LogP contribution in [0.25, 0.3) is 0 Å². The molecule has 8 nitrogen and oxygen atoms in total. The zero-order chi connectivity index (χ0) is 42.6. The van der Waals surface area contributed by atoms with Crippen LogP contribution in [0.1, 0.15) is 96.1 Å². The number of nitrogens with zero attached hydrogens (tertiary/aromatic N) is 2. The van der Waals surface area contributed by atoms with E-state index >= 15 is 0 Å². The minimum atomic E-state index is -4.49. The average Bonchev–Trinajstić information content (AvgIpc) is 3.23. The fraction of sp³-hybridized carbons (Fsp3) is 0.435. The number of hydrogen-bond acceptors (Lipinski definition) is 6. The van der Waals surface area contributed by atoms with Crippen molar-refractivity contribution < 1.29 is 46.1 Å². The van der Waals surface area contributed by atoms with Crippen molar-refractivity contribution in [2.75, 3.05) is 46.6 Å². The molecule has 2 saturated carbocycles. The number of hydrogen-bond donors (Lipinski definition) is 4. The molecule has 8 rings (SSSR count). The summed E-state index contributed by atoms with van der Waals surface area (Å²) in [5.74, 6) is 1.50. The lowest BCUT2D eigenvalue weighted by atomic mass is 9.75. The molecule has 2 saturated heterocycles. The Balaban J connectivity index is 0.000000181. The molecule has 60 heavy (non-hydrogen) atoms. The third-order valence-electron chi connectivity index (χ3n) is 12.7. The first-order chi connectivity index (χ1) is 28.6. The molecule has 4 aromatic carbocycles. The van der Waals surface area contributed by atoms with E-state index in [-0.39, 0.29) is 34.0 Å². The quantitative estimate of drug-likeness (QED) is 0.144. The van der Waals surface area contributed by atoms with Crippen molar-refractivity contribution in [3.8, 4) is 11.5 Å². The summed E-state index contributed by atoms with van der Waals surface area (Å²) in [6.07, 6.45) is 2.75. The third-order valence-corrected chi connectivity index (χ3v) is 12.7. The molecule has 4 N–H and O–H groups in total. The van der Waals surface area contributed by atoms with Crippen molar-refractivity contribution in [3.05, 3.63) is 107 Å². The summed E-state index contributed by atoms with van der Waals surface area (Å²) in [7, 11) is 0. The van der Waals surface area contributed by atoms with Crippen LogP contribution in [0.2, 0.25) is 0 Å². The van der Waals surface area contributed by atoms with Gasteiger partial charge in [-0.15, -0.1) is 0 Å². The summed E-state index contributed by atoms with van der Waals surface area (Å²) >= 11 is 0. The molecule has 14 heteroatoms. The van der Waals surface area contributed by atoms with Gasteiger partial charge in [0.25, 0.3) is 11.8 Å². The molecule has 2 amide bonds. The van der Waals surface area contributed by atoms with E-state index in [1.54, 1.807) is 0 Å². The summed E-state index contributed by atoms with van der Waals surface area (Å²) in [6.45, 7) is 3.15. The fourth-order valence-corrected chi connectivity index (χ4v) is 9.43. The van der Waals surface area contributed by atoms with Crippen LogP contribution < -0.4 is 20.4 Å². The lowest BCUT2D eigenvalue weighted by molar-refractivity contribution is -0.138. The molecular weight excluding hydrogens is 787 g/mol. The molecule has 2 heterocycles. The van der Waals surface area contributed by atoms with Gasteiger partial charge in [-0.1, -0.05) is 38.5 Å². The van der Waals surface area contributed by atoms with Crippen molar-refractivity contribution >= 4 is 34.6 Å². The first-order valence-corrected chi connectivity index (χ1v) is 20.8. The number of rotatable bonds is 6. The van der Waals surface area contributed by atoms with Gasteiger partial charge in [-0.05, 0) is 134 Å². The van der Waals surface area contributed by atoms with Crippen LogP contribution >= 0.6 is 0 Å². The lowest BCUT2D eigenvalue weighted by Crippen LogP contribution is -2.42. The maximum Gasteiger partial charge on any atom is 0.416 e. The molecule has 320 valence electrons. The number of piperidine rings is 2. The highest BCUT2D eigenvalue weighted by molar-refractivity contribution is 6.07. The number of halogens is 6. The number of benzene rings is 4. The zero-order valence-corrected chi connectivity index (χ0v) is 33.2. The van der Waals surface area contributed by atoms with Crippen LogP contribution in [0, 0.1) is 23.7 Å². The molecule has 0 spiro atoms. The van der Waals surface area contributed by atoms with Gasteiger partial charge in [0.15, 0.2) is 0 Å². The Bertz CT molecular complexity index is 1970. The smallest absolute Gasteiger partial charge is 0.416 e. The second-order valence-electron chi connectivity index (χ2n) is 16.5. The van der Waals surface area contributed by atoms with Crippen molar-refractivity contribution in [1.82, 2.24) is 0 Å². The average molecular weight is 837 g/mol. The standard InChI is InChI=1S/2C23H25F3N2O2/c2*24-23(25,26)18-7-10-21(28-12-11-15-3-1-2-4-17(15)14-28)20(13-18)27-22(30)16-5-8-19(29)9-6-16/h2*5-10,13,15,17,29H,1-4,11-12,14H2,(H,27,30)/t2*15-,17-/m00/s1. The van der Waals surface area contributed by atoms with Crippen LogP contribution in [0.5, 0.6) is 11.5 Å². The number of fused-ring (bicyclic) bond motifs is 2. The van der Waals surface area contributed by atoms with Crippen LogP contribution in [0.4, 0.5) is 49.1 Å². The highest BCUT2D eigenvalue weighted by Crippen LogP contribution is 2.43. The maximum absolute atomic E-state index is 13.3. The highest BCUT2D eigenvalue weighted by atomic mass is 19.4. The van der Waals surface area contributed by atoms with Crippen molar-refractivity contribution in [3.63, 3.8) is 0 Å². The van der Waals surface area contributed by atoms with Gasteiger partial charge in [0, 0.05) is 37.3 Å². The van der Waals surface area contributed by atoms with Crippen LogP contribution in [0.15, 0.2) is 84.9 Å². The van der Waals surface area contributed by atoms with E-state index in [0.29, 0.717) is 35.0 Å². The molecule has 4 fully saturated rings. The summed E-state index contributed by atoms with van der Waals surface area (Å²) in [6, 6.07) is 18.4. The lowest BCUT2D eigenvalue weighted by Gasteiger charge is -2.42. The fourth-order valence-electron chi connectivity index (χ4n) is 9.43. The largest absolute Gasteiger partial charge is 0.508 e. The van der Waals surface area contributed by atoms with E-state index in [2.05, 4.69) is 20.4 Å². The number of phenols is 2. The molecule has 0 bridgehead atoms. The number of carbonyl (C=O) groups excluding carboxylic acids is 2. The molecule has 2 aliphatic heterocycles. The van der Waals surface area contributed by atoms with Crippen LogP contribution in [-0.4, -0.2) is 48.2 Å². The highest BCUT2D eigenvalue weighted by Gasteiger charge is 2.36. The Hall–Kier alpha value is -5.40. The van der Waals surface area contributed by atoms with Crippen molar-refractivity contribution in [1.29, 1.82) is 0 Å². The van der Waals surface area contributed by atoms with Crippen molar-refractivity contribution in [2.45, 2.75) is 76.6 Å². The first-order valence-electron chi connectivity index (χ1n) is 20.8. The molecule has 0 radical (unpaired) electrons. The monoisotopic (exact) mass is 836 g/mol. The summed E-state index contributed by atoms with van der Waals surface area (Å²) in [4.78, 5) is 29.5. The van der Waals surface area contributed by atoms with E-state index in [1.807, 2.05) is 0 Å². The predicted molar refractivity (Wildman–Crippen MR) is 220 cm³/mol. The minimum Gasteiger partial charge on any atom is -0.508 e. The molecule has 4 atom stereocenters. The number of phenolic OH excluding ortho intramolecular Hbond substituents is 2. The number of anilines is 4. The van der Waals surface area contributed by atoms with Gasteiger partial charge in [0.1, 0.15) is 11.5 Å². The van der Waals surface area contributed by atoms with E-state index in [0.717, 1.165) is 76.1 Å². The number of carbonyl (C=O) groups is 2. The second kappa shape index (κ2) is 18.1. The predicted octanol–water partition coefficient (Wildman–Crippen LogP) is 11.4. The maximum atomic E-state index is 13.3. The van der Waals surface area contributed by atoms with Gasteiger partial charge < -0.3 is 30.6 Å². The normalized spacial score (nSPS) is 21.8. The van der Waals surface area contributed by atoms with Gasteiger partial charge in [-0.2, -0.15) is 26.3 Å². The Morgan fingerprint density at radius 1 is 0.500 bits per heavy atom. The number of aromatic hydroxyl groups is 2.